The molecule has 0 saturated heterocycles. The summed E-state index contributed by atoms with van der Waals surface area (Å²) < 4.78 is 13.2. The average Bonchev–Trinajstić information content (AvgIpc) is 2.84. The number of nitrogens with one attached hydrogen (secondary N) is 1. The molecule has 0 unspecified atom stereocenters. The maximum Gasteiger partial charge on any atom is 0.317 e. The van der Waals surface area contributed by atoms with Gasteiger partial charge in [-0.05, 0) is 66.3 Å². The first-order valence-corrected chi connectivity index (χ1v) is 13.7. The van der Waals surface area contributed by atoms with Crippen LogP contribution >= 0.6 is 22.6 Å². The second kappa shape index (κ2) is 12.3. The summed E-state index contributed by atoms with van der Waals surface area (Å²) >= 11 is 2.22. The zero-order chi connectivity index (χ0) is 23.0. The first kappa shape index (κ1) is 24.6. The molecular formula is C26H37IN2O4. The van der Waals surface area contributed by atoms with Crippen molar-refractivity contribution in [2.75, 3.05) is 26.3 Å². The molecule has 2 aliphatic carbocycles. The third kappa shape index (κ3) is 6.78. The van der Waals surface area contributed by atoms with Gasteiger partial charge in [-0.3, -0.25) is 0 Å². The average molecular weight is 568 g/mol. The van der Waals surface area contributed by atoms with Crippen molar-refractivity contribution in [3.05, 3.63) is 33.1 Å². The fourth-order valence-electron chi connectivity index (χ4n) is 5.20. The van der Waals surface area contributed by atoms with E-state index in [9.17, 15) is 9.90 Å². The number of carbonyl (C=O) groups excluding carboxylic acids is 1. The molecule has 0 bridgehead atoms. The molecule has 33 heavy (non-hydrogen) atoms. The molecule has 182 valence electrons. The van der Waals surface area contributed by atoms with Gasteiger partial charge in [0.05, 0.1) is 13.2 Å². The molecule has 1 heterocycles. The van der Waals surface area contributed by atoms with Crippen LogP contribution in [0.25, 0.3) is 0 Å². The lowest BCUT2D eigenvalue weighted by molar-refractivity contribution is 0.175. The lowest BCUT2D eigenvalue weighted by Gasteiger charge is -2.30. The summed E-state index contributed by atoms with van der Waals surface area (Å²) in [5, 5.41) is 12.8. The van der Waals surface area contributed by atoms with Crippen molar-refractivity contribution in [2.45, 2.75) is 76.7 Å². The van der Waals surface area contributed by atoms with Crippen LogP contribution in [0.15, 0.2) is 27.5 Å². The van der Waals surface area contributed by atoms with Crippen LogP contribution in [0.1, 0.15) is 69.8 Å². The summed E-state index contributed by atoms with van der Waals surface area (Å²) in [4.78, 5) is 14.7. The molecule has 0 aromatic heterocycles. The zero-order valence-corrected chi connectivity index (χ0v) is 21.6. The summed E-state index contributed by atoms with van der Waals surface area (Å²) in [6, 6.07) is 6.14. The van der Waals surface area contributed by atoms with E-state index in [1.54, 1.807) is 4.90 Å². The number of hydrogen-bond donors (Lipinski definition) is 2. The Bertz CT molecular complexity index is 832. The normalized spacial score (nSPS) is 19.6. The van der Waals surface area contributed by atoms with E-state index in [1.807, 2.05) is 18.2 Å². The van der Waals surface area contributed by atoms with Gasteiger partial charge in [0, 0.05) is 36.7 Å². The fraction of sp³-hybridized carbons (Fsp3) is 0.654. The Morgan fingerprint density at radius 3 is 2.58 bits per heavy atom. The number of aliphatic hydroxyl groups is 1. The van der Waals surface area contributed by atoms with Gasteiger partial charge >= 0.3 is 6.03 Å². The second-order valence-corrected chi connectivity index (χ2v) is 10.6. The van der Waals surface area contributed by atoms with Crippen LogP contribution in [0.4, 0.5) is 4.79 Å². The molecule has 1 aliphatic heterocycles. The Balaban J connectivity index is 1.41. The molecule has 0 spiro atoms. The maximum atomic E-state index is 13.0. The predicted molar refractivity (Wildman–Crippen MR) is 138 cm³/mol. The van der Waals surface area contributed by atoms with Gasteiger partial charge < -0.3 is 24.8 Å². The van der Waals surface area contributed by atoms with E-state index in [0.717, 1.165) is 45.9 Å². The molecule has 2 amide bonds. The minimum absolute atomic E-state index is 0.0604. The predicted octanol–water partition coefficient (Wildman–Crippen LogP) is 5.56. The molecule has 2 N–H and O–H groups in total. The molecular weight excluding hydrogens is 531 g/mol. The number of benzene rings is 1. The van der Waals surface area contributed by atoms with Gasteiger partial charge in [-0.2, -0.15) is 0 Å². The van der Waals surface area contributed by atoms with Crippen molar-refractivity contribution in [2.24, 2.45) is 5.92 Å². The molecule has 4 rings (SSSR count). The summed E-state index contributed by atoms with van der Waals surface area (Å²) in [7, 11) is 0. The largest absolute Gasteiger partial charge is 0.493 e. The van der Waals surface area contributed by atoms with Crippen LogP contribution in [0.5, 0.6) is 11.5 Å². The lowest BCUT2D eigenvalue weighted by atomic mass is 9.90. The number of hydrogen-bond acceptors (Lipinski definition) is 4. The Morgan fingerprint density at radius 2 is 1.85 bits per heavy atom. The first-order valence-electron chi connectivity index (χ1n) is 12.6. The highest BCUT2D eigenvalue weighted by molar-refractivity contribution is 14.1. The quantitative estimate of drug-likeness (QED) is 0.403. The van der Waals surface area contributed by atoms with E-state index in [-0.39, 0.29) is 18.7 Å². The van der Waals surface area contributed by atoms with Gasteiger partial charge in [0.25, 0.3) is 0 Å². The van der Waals surface area contributed by atoms with Gasteiger partial charge in [-0.15, -0.1) is 0 Å². The number of urea groups is 1. The number of amides is 2. The monoisotopic (exact) mass is 568 g/mol. The van der Waals surface area contributed by atoms with E-state index in [0.29, 0.717) is 25.4 Å². The Hall–Kier alpha value is -1.48. The molecule has 2 fully saturated rings. The number of ether oxygens (including phenoxy) is 2. The first-order chi connectivity index (χ1) is 16.1. The molecule has 1 aromatic rings. The third-order valence-electron chi connectivity index (χ3n) is 7.13. The number of aliphatic hydroxyl groups excluding tert-OH is 1. The molecule has 0 atom stereocenters. The zero-order valence-electron chi connectivity index (χ0n) is 19.5. The Labute approximate surface area is 211 Å². The Kier molecular flexibility index (Phi) is 9.18. The van der Waals surface area contributed by atoms with Crippen LogP contribution in [-0.4, -0.2) is 48.4 Å². The topological polar surface area (TPSA) is 71.0 Å². The number of halogens is 1. The maximum absolute atomic E-state index is 13.0. The SMILES string of the molecule is O=C(NC1CCCCC1)N(CCO)CC1=C(I)Oc2cccc(OCC3CCCCC3)c2C1. The summed E-state index contributed by atoms with van der Waals surface area (Å²) in [6.45, 7) is 1.44. The number of carbonyl (C=O) groups is 1. The highest BCUT2D eigenvalue weighted by Gasteiger charge is 2.26. The molecule has 2 saturated carbocycles. The molecule has 1 aromatic carbocycles. The van der Waals surface area contributed by atoms with Crippen LogP contribution in [0.3, 0.4) is 0 Å². The van der Waals surface area contributed by atoms with Crippen LogP contribution in [0, 0.1) is 5.92 Å². The van der Waals surface area contributed by atoms with E-state index in [2.05, 4.69) is 27.9 Å². The minimum atomic E-state index is -0.0970. The van der Waals surface area contributed by atoms with Crippen LogP contribution < -0.4 is 14.8 Å². The summed E-state index contributed by atoms with van der Waals surface area (Å²) in [5.74, 6) is 2.36. The van der Waals surface area contributed by atoms with E-state index >= 15 is 0 Å². The van der Waals surface area contributed by atoms with Gasteiger partial charge in [-0.1, -0.05) is 44.6 Å². The third-order valence-corrected chi connectivity index (χ3v) is 8.11. The Morgan fingerprint density at radius 1 is 1.12 bits per heavy atom. The van der Waals surface area contributed by atoms with Crippen molar-refractivity contribution < 1.29 is 19.4 Å². The van der Waals surface area contributed by atoms with E-state index in [1.165, 1.54) is 51.4 Å². The smallest absolute Gasteiger partial charge is 0.317 e. The fourth-order valence-corrected chi connectivity index (χ4v) is 5.80. The number of nitrogens with zero attached hydrogens (tertiary/aromatic N) is 1. The van der Waals surface area contributed by atoms with Crippen molar-refractivity contribution in [1.82, 2.24) is 10.2 Å². The van der Waals surface area contributed by atoms with Gasteiger partial charge in [0.2, 0.25) is 0 Å². The standard InChI is InChI=1S/C26H37IN2O4/c27-25-20(17-29(14-15-30)26(31)28-21-10-5-2-6-11-21)16-22-23(12-7-13-24(22)33-25)32-18-19-8-3-1-4-9-19/h7,12-13,19,21,30H,1-6,8-11,14-18H2,(H,28,31). The highest BCUT2D eigenvalue weighted by Crippen LogP contribution is 2.39. The molecule has 7 heteroatoms. The molecule has 6 nitrogen and oxygen atoms in total. The number of rotatable bonds is 8. The summed E-state index contributed by atoms with van der Waals surface area (Å²) in [5.41, 5.74) is 2.10. The number of fused-ring (bicyclic) bond motifs is 1. The van der Waals surface area contributed by atoms with Gasteiger partial charge in [0.15, 0.2) is 3.77 Å². The van der Waals surface area contributed by atoms with Gasteiger partial charge in [0.1, 0.15) is 11.5 Å². The van der Waals surface area contributed by atoms with Crippen LogP contribution in [0.2, 0.25) is 0 Å². The van der Waals surface area contributed by atoms with Crippen molar-refractivity contribution >= 4 is 28.6 Å². The van der Waals surface area contributed by atoms with Crippen molar-refractivity contribution in [1.29, 1.82) is 0 Å². The molecule has 3 aliphatic rings. The molecule has 0 radical (unpaired) electrons. The minimum Gasteiger partial charge on any atom is -0.493 e. The van der Waals surface area contributed by atoms with Crippen molar-refractivity contribution in [3.8, 4) is 11.5 Å². The van der Waals surface area contributed by atoms with E-state index in [4.69, 9.17) is 9.47 Å². The van der Waals surface area contributed by atoms with Crippen molar-refractivity contribution in [3.63, 3.8) is 0 Å². The summed E-state index contributed by atoms with van der Waals surface area (Å²) in [6.07, 6.45) is 12.8. The van der Waals surface area contributed by atoms with Crippen LogP contribution in [-0.2, 0) is 6.42 Å². The second-order valence-electron chi connectivity index (χ2n) is 9.63. The highest BCUT2D eigenvalue weighted by atomic mass is 127. The lowest BCUT2D eigenvalue weighted by Crippen LogP contribution is -2.47. The van der Waals surface area contributed by atoms with E-state index < -0.39 is 0 Å². The van der Waals surface area contributed by atoms with Gasteiger partial charge in [-0.25, -0.2) is 4.79 Å².